The minimum Gasteiger partial charge on any atom is -0.497 e. The zero-order valence-electron chi connectivity index (χ0n) is 14.5. The molecule has 4 rings (SSSR count). The molecule has 7 nitrogen and oxygen atoms in total. The molecule has 3 heterocycles. The number of aromatic amines is 1. The van der Waals surface area contributed by atoms with Crippen LogP contribution in [0.5, 0.6) is 11.5 Å². The van der Waals surface area contributed by atoms with Crippen molar-refractivity contribution in [3.63, 3.8) is 0 Å². The van der Waals surface area contributed by atoms with E-state index >= 15 is 0 Å². The molecule has 0 radical (unpaired) electrons. The largest absolute Gasteiger partial charge is 0.497 e. The molecule has 2 N–H and O–H groups in total. The summed E-state index contributed by atoms with van der Waals surface area (Å²) in [7, 11) is 3.21. The van der Waals surface area contributed by atoms with E-state index in [1.165, 1.54) is 0 Å². The van der Waals surface area contributed by atoms with Crippen molar-refractivity contribution in [1.29, 1.82) is 0 Å². The van der Waals surface area contributed by atoms with E-state index in [1.807, 2.05) is 30.3 Å². The Morgan fingerprint density at radius 3 is 2.73 bits per heavy atom. The van der Waals surface area contributed by atoms with Gasteiger partial charge in [-0.25, -0.2) is 9.97 Å². The number of hydrogen-bond donors (Lipinski definition) is 2. The van der Waals surface area contributed by atoms with Crippen molar-refractivity contribution < 1.29 is 14.3 Å². The molecular formula is C19H18N4O3. The highest BCUT2D eigenvalue weighted by atomic mass is 16.5. The minimum absolute atomic E-state index is 0.0579. The number of H-pyrrole nitrogens is 1. The van der Waals surface area contributed by atoms with Crippen LogP contribution in [0, 0.1) is 0 Å². The van der Waals surface area contributed by atoms with E-state index in [4.69, 9.17) is 9.47 Å². The summed E-state index contributed by atoms with van der Waals surface area (Å²) in [5.74, 6) is 1.82. The molecule has 26 heavy (non-hydrogen) atoms. The molecule has 0 fully saturated rings. The maximum atomic E-state index is 12.0. The fourth-order valence-electron chi connectivity index (χ4n) is 3.06. The van der Waals surface area contributed by atoms with E-state index in [9.17, 15) is 4.79 Å². The Morgan fingerprint density at radius 2 is 1.96 bits per heavy atom. The molecule has 0 saturated heterocycles. The summed E-state index contributed by atoms with van der Waals surface area (Å²) >= 11 is 0. The lowest BCUT2D eigenvalue weighted by atomic mass is 10.1. The van der Waals surface area contributed by atoms with Crippen LogP contribution in [-0.2, 0) is 6.42 Å². The first kappa shape index (κ1) is 16.1. The summed E-state index contributed by atoms with van der Waals surface area (Å²) < 4.78 is 10.7. The lowest BCUT2D eigenvalue weighted by Gasteiger charge is -2.11. The van der Waals surface area contributed by atoms with Crippen molar-refractivity contribution in [3.8, 4) is 34.3 Å². The topological polar surface area (TPSA) is 89.1 Å². The van der Waals surface area contributed by atoms with Crippen LogP contribution < -0.4 is 14.8 Å². The number of rotatable bonds is 4. The second-order valence-electron chi connectivity index (χ2n) is 5.91. The predicted molar refractivity (Wildman–Crippen MR) is 96.4 cm³/mol. The zero-order valence-corrected chi connectivity index (χ0v) is 14.5. The normalized spacial score (nSPS) is 13.1. The van der Waals surface area contributed by atoms with Gasteiger partial charge < -0.3 is 19.8 Å². The number of nitrogens with zero attached hydrogens (tertiary/aromatic N) is 2. The summed E-state index contributed by atoms with van der Waals surface area (Å²) in [6.07, 6.45) is 2.47. The molecule has 7 heteroatoms. The summed E-state index contributed by atoms with van der Waals surface area (Å²) in [5, 5.41) is 2.85. The molecule has 1 aliphatic rings. The van der Waals surface area contributed by atoms with Crippen molar-refractivity contribution in [3.05, 3.63) is 47.8 Å². The molecular weight excluding hydrogens is 332 g/mol. The van der Waals surface area contributed by atoms with Gasteiger partial charge in [0.1, 0.15) is 11.5 Å². The van der Waals surface area contributed by atoms with E-state index in [2.05, 4.69) is 20.3 Å². The van der Waals surface area contributed by atoms with Crippen LogP contribution in [0.15, 0.2) is 36.5 Å². The number of carbonyl (C=O) groups excluding carboxylic acids is 1. The Labute approximate surface area is 150 Å². The first-order valence-electron chi connectivity index (χ1n) is 8.25. The number of ether oxygens (including phenoxy) is 2. The van der Waals surface area contributed by atoms with Crippen molar-refractivity contribution in [2.24, 2.45) is 0 Å². The number of nitrogens with one attached hydrogen (secondary N) is 2. The Bertz CT molecular complexity index is 981. The van der Waals surface area contributed by atoms with Crippen LogP contribution in [-0.4, -0.2) is 41.6 Å². The Kier molecular flexibility index (Phi) is 4.04. The van der Waals surface area contributed by atoms with Crippen LogP contribution in [0.2, 0.25) is 0 Å². The molecule has 0 spiro atoms. The summed E-state index contributed by atoms with van der Waals surface area (Å²) in [4.78, 5) is 24.3. The van der Waals surface area contributed by atoms with Gasteiger partial charge in [-0.15, -0.1) is 0 Å². The zero-order chi connectivity index (χ0) is 18.1. The van der Waals surface area contributed by atoms with Crippen LogP contribution in [0.3, 0.4) is 0 Å². The molecule has 0 bridgehead atoms. The average Bonchev–Trinajstić information content (AvgIpc) is 3.13. The number of methoxy groups -OCH3 is 2. The van der Waals surface area contributed by atoms with Gasteiger partial charge in [-0.1, -0.05) is 0 Å². The third-order valence-electron chi connectivity index (χ3n) is 4.38. The van der Waals surface area contributed by atoms with Gasteiger partial charge in [-0.05, 0) is 30.3 Å². The van der Waals surface area contributed by atoms with Crippen LogP contribution >= 0.6 is 0 Å². The Balaban J connectivity index is 1.78. The van der Waals surface area contributed by atoms with Gasteiger partial charge in [0.2, 0.25) is 0 Å². The maximum absolute atomic E-state index is 12.0. The fraction of sp³-hybridized carbons (Fsp3) is 0.211. The number of fused-ring (bicyclic) bond motifs is 1. The van der Waals surface area contributed by atoms with Crippen LogP contribution in [0.25, 0.3) is 22.8 Å². The third kappa shape index (κ3) is 2.77. The van der Waals surface area contributed by atoms with Gasteiger partial charge in [0, 0.05) is 24.9 Å². The monoisotopic (exact) mass is 350 g/mol. The smallest absolute Gasteiger partial charge is 0.253 e. The highest BCUT2D eigenvalue weighted by Crippen LogP contribution is 2.32. The number of hydrogen-bond acceptors (Lipinski definition) is 5. The van der Waals surface area contributed by atoms with E-state index in [0.29, 0.717) is 35.1 Å². The molecule has 1 amide bonds. The highest BCUT2D eigenvalue weighted by molar-refractivity contribution is 5.97. The Morgan fingerprint density at radius 1 is 1.08 bits per heavy atom. The maximum Gasteiger partial charge on any atom is 0.253 e. The predicted octanol–water partition coefficient (Wildman–Crippen LogP) is 2.44. The van der Waals surface area contributed by atoms with E-state index in [-0.39, 0.29) is 5.91 Å². The molecule has 0 aliphatic carbocycles. The second kappa shape index (κ2) is 6.51. The molecule has 0 atom stereocenters. The van der Waals surface area contributed by atoms with Crippen molar-refractivity contribution in [1.82, 2.24) is 20.3 Å². The molecule has 0 saturated carbocycles. The lowest BCUT2D eigenvalue weighted by molar-refractivity contribution is 0.0946. The van der Waals surface area contributed by atoms with Crippen LogP contribution in [0.4, 0.5) is 0 Å². The van der Waals surface area contributed by atoms with Gasteiger partial charge in [0.05, 0.1) is 36.7 Å². The summed E-state index contributed by atoms with van der Waals surface area (Å²) in [6, 6.07) is 9.13. The first-order valence-corrected chi connectivity index (χ1v) is 8.25. The van der Waals surface area contributed by atoms with Crippen LogP contribution in [0.1, 0.15) is 16.1 Å². The van der Waals surface area contributed by atoms with Gasteiger partial charge in [-0.3, -0.25) is 4.79 Å². The SMILES string of the molecule is COc1ccc(OC)c(-c2nccc(-c3cc4c([nH]3)CCNC4=O)n2)c1. The van der Waals surface area contributed by atoms with Gasteiger partial charge >= 0.3 is 0 Å². The molecule has 1 aliphatic heterocycles. The molecule has 132 valence electrons. The van der Waals surface area contributed by atoms with E-state index in [1.54, 1.807) is 20.4 Å². The lowest BCUT2D eigenvalue weighted by Crippen LogP contribution is -2.31. The molecule has 2 aromatic heterocycles. The standard InChI is InChI=1S/C19H18N4O3/c1-25-11-3-4-17(26-2)13(9-11)18-20-7-6-15(23-18)16-10-12-14(22-16)5-8-21-19(12)24/h3-4,6-7,9-10,22H,5,8H2,1-2H3,(H,21,24). The van der Waals surface area contributed by atoms with Gasteiger partial charge in [0.25, 0.3) is 5.91 Å². The average molecular weight is 350 g/mol. The van der Waals surface area contributed by atoms with Gasteiger partial charge in [0.15, 0.2) is 5.82 Å². The second-order valence-corrected chi connectivity index (χ2v) is 5.91. The summed E-state index contributed by atoms with van der Waals surface area (Å²) in [5.41, 5.74) is 3.84. The van der Waals surface area contributed by atoms with Crippen molar-refractivity contribution in [2.75, 3.05) is 20.8 Å². The number of aromatic nitrogens is 3. The molecule has 1 aromatic carbocycles. The van der Waals surface area contributed by atoms with Crippen molar-refractivity contribution in [2.45, 2.75) is 6.42 Å². The van der Waals surface area contributed by atoms with Crippen molar-refractivity contribution >= 4 is 5.91 Å². The molecule has 3 aromatic rings. The third-order valence-corrected chi connectivity index (χ3v) is 4.38. The molecule has 0 unspecified atom stereocenters. The summed E-state index contributed by atoms with van der Waals surface area (Å²) in [6.45, 7) is 0.641. The Hall–Kier alpha value is -3.35. The number of amides is 1. The first-order chi connectivity index (χ1) is 12.7. The van der Waals surface area contributed by atoms with E-state index < -0.39 is 0 Å². The highest BCUT2D eigenvalue weighted by Gasteiger charge is 2.21. The fourth-order valence-corrected chi connectivity index (χ4v) is 3.06. The number of benzene rings is 1. The van der Waals surface area contributed by atoms with E-state index in [0.717, 1.165) is 23.4 Å². The van der Waals surface area contributed by atoms with Gasteiger partial charge in [-0.2, -0.15) is 0 Å². The quantitative estimate of drug-likeness (QED) is 0.754. The number of carbonyl (C=O) groups is 1. The minimum atomic E-state index is -0.0579.